The lowest BCUT2D eigenvalue weighted by atomic mass is 9.92. The van der Waals surface area contributed by atoms with Crippen molar-refractivity contribution in [2.75, 3.05) is 13.1 Å². The van der Waals surface area contributed by atoms with Gasteiger partial charge in [0.15, 0.2) is 5.69 Å². The quantitative estimate of drug-likeness (QED) is 0.687. The molecule has 4 rings (SSSR count). The Hall–Kier alpha value is -1.97. The van der Waals surface area contributed by atoms with Crippen LogP contribution in [0.1, 0.15) is 53.6 Å². The van der Waals surface area contributed by atoms with Gasteiger partial charge in [-0.3, -0.25) is 9.89 Å². The highest BCUT2D eigenvalue weighted by molar-refractivity contribution is 5.92. The lowest BCUT2D eigenvalue weighted by Gasteiger charge is -2.25. The molecule has 1 saturated carbocycles. The summed E-state index contributed by atoms with van der Waals surface area (Å²) in [5, 5.41) is 25.8. The van der Waals surface area contributed by atoms with Gasteiger partial charge in [0.25, 0.3) is 5.91 Å². The van der Waals surface area contributed by atoms with Gasteiger partial charge in [0, 0.05) is 30.7 Å². The summed E-state index contributed by atoms with van der Waals surface area (Å²) in [6, 6.07) is 2.50. The van der Waals surface area contributed by atoms with Gasteiger partial charge in [-0.2, -0.15) is 5.10 Å². The minimum atomic E-state index is -0.555. The zero-order chi connectivity index (χ0) is 19.0. The molecule has 1 aliphatic carbocycles. The van der Waals surface area contributed by atoms with E-state index in [1.165, 1.54) is 0 Å². The standard InChI is InChI=1S/C18H27N7O2.ClH/c1-11-6-14(21-20-11)7-12-8-24(10-17(12)26)18(27)16-9-25(23-22-16)15-4-2-13(19)3-5-15;/h6,9,12-13,15,17,26H,2-5,7-8,10,19H2,1H3,(H,20,21);1H/t12-,13?,15?,17+;/m1./s1. The molecule has 2 fully saturated rings. The third kappa shape index (κ3) is 4.37. The van der Waals surface area contributed by atoms with E-state index in [0.717, 1.165) is 37.1 Å². The number of nitrogens with one attached hydrogen (secondary N) is 1. The maximum Gasteiger partial charge on any atom is 0.276 e. The Balaban J connectivity index is 0.00000225. The SMILES string of the molecule is Cc1cc(C[C@@H]2CN(C(=O)c3cn(C4CCC(N)CC4)nn3)C[C@@H]2O)n[nH]1.Cl. The van der Waals surface area contributed by atoms with E-state index in [4.69, 9.17) is 5.73 Å². The monoisotopic (exact) mass is 409 g/mol. The number of hydrogen-bond donors (Lipinski definition) is 3. The van der Waals surface area contributed by atoms with E-state index in [1.807, 2.05) is 13.0 Å². The number of aliphatic hydroxyl groups is 1. The predicted molar refractivity (Wildman–Crippen MR) is 105 cm³/mol. The summed E-state index contributed by atoms with van der Waals surface area (Å²) in [5.74, 6) is -0.194. The van der Waals surface area contributed by atoms with Crippen LogP contribution in [-0.2, 0) is 6.42 Å². The first-order valence-electron chi connectivity index (χ1n) is 9.65. The molecule has 1 aliphatic heterocycles. The number of aryl methyl sites for hydroxylation is 1. The van der Waals surface area contributed by atoms with Crippen molar-refractivity contribution in [3.05, 3.63) is 29.3 Å². The van der Waals surface area contributed by atoms with Crippen molar-refractivity contribution >= 4 is 18.3 Å². The fourth-order valence-electron chi connectivity index (χ4n) is 4.15. The number of amides is 1. The van der Waals surface area contributed by atoms with Crippen LogP contribution in [0, 0.1) is 12.8 Å². The van der Waals surface area contributed by atoms with Gasteiger partial charge >= 0.3 is 0 Å². The van der Waals surface area contributed by atoms with Gasteiger partial charge in [-0.25, -0.2) is 4.68 Å². The second kappa shape index (κ2) is 8.59. The number of carbonyl (C=O) groups excluding carboxylic acids is 1. The number of nitrogens with two attached hydrogens (primary N) is 1. The largest absolute Gasteiger partial charge is 0.391 e. The van der Waals surface area contributed by atoms with Crippen LogP contribution in [0.15, 0.2) is 12.3 Å². The average molecular weight is 410 g/mol. The molecule has 2 aliphatic rings. The van der Waals surface area contributed by atoms with Crippen molar-refractivity contribution in [3.63, 3.8) is 0 Å². The minimum absolute atomic E-state index is 0. The summed E-state index contributed by atoms with van der Waals surface area (Å²) in [4.78, 5) is 14.5. The molecular formula is C18H28ClN7O2. The summed E-state index contributed by atoms with van der Waals surface area (Å²) < 4.78 is 1.80. The van der Waals surface area contributed by atoms with Crippen LogP contribution < -0.4 is 5.73 Å². The lowest BCUT2D eigenvalue weighted by Crippen LogP contribution is -2.30. The Morgan fingerprint density at radius 3 is 2.75 bits per heavy atom. The van der Waals surface area contributed by atoms with Crippen molar-refractivity contribution in [1.82, 2.24) is 30.1 Å². The summed E-state index contributed by atoms with van der Waals surface area (Å²) in [6.45, 7) is 2.76. The molecule has 28 heavy (non-hydrogen) atoms. The summed E-state index contributed by atoms with van der Waals surface area (Å²) in [5.41, 5.74) is 8.20. The van der Waals surface area contributed by atoms with Crippen LogP contribution in [-0.4, -0.2) is 66.3 Å². The molecule has 4 N–H and O–H groups in total. The first-order valence-corrected chi connectivity index (χ1v) is 9.65. The van der Waals surface area contributed by atoms with Crippen LogP contribution in [0.25, 0.3) is 0 Å². The lowest BCUT2D eigenvalue weighted by molar-refractivity contribution is 0.0758. The Bertz CT molecular complexity index is 799. The molecule has 0 bridgehead atoms. The Morgan fingerprint density at radius 2 is 2.07 bits per heavy atom. The molecule has 0 aromatic carbocycles. The van der Waals surface area contributed by atoms with E-state index < -0.39 is 6.10 Å². The highest BCUT2D eigenvalue weighted by atomic mass is 35.5. The van der Waals surface area contributed by atoms with E-state index >= 15 is 0 Å². The van der Waals surface area contributed by atoms with E-state index in [-0.39, 0.29) is 36.3 Å². The van der Waals surface area contributed by atoms with Crippen molar-refractivity contribution in [2.45, 2.75) is 57.2 Å². The first-order chi connectivity index (χ1) is 13.0. The maximum atomic E-state index is 12.8. The zero-order valence-electron chi connectivity index (χ0n) is 16.0. The van der Waals surface area contributed by atoms with Crippen molar-refractivity contribution in [1.29, 1.82) is 0 Å². The molecule has 9 nitrogen and oxygen atoms in total. The minimum Gasteiger partial charge on any atom is -0.391 e. The summed E-state index contributed by atoms with van der Waals surface area (Å²) in [6.07, 6.45) is 5.70. The zero-order valence-corrected chi connectivity index (χ0v) is 16.8. The van der Waals surface area contributed by atoms with Crippen LogP contribution in [0.4, 0.5) is 0 Å². The second-order valence-electron chi connectivity index (χ2n) is 7.94. The average Bonchev–Trinajstić information content (AvgIpc) is 3.37. The third-order valence-electron chi connectivity index (χ3n) is 5.77. The molecular weight excluding hydrogens is 382 g/mol. The number of carbonyl (C=O) groups is 1. The number of aliphatic hydroxyl groups excluding tert-OH is 1. The number of H-pyrrole nitrogens is 1. The van der Waals surface area contributed by atoms with Crippen molar-refractivity contribution < 1.29 is 9.90 Å². The molecule has 0 spiro atoms. The van der Waals surface area contributed by atoms with E-state index in [2.05, 4.69) is 20.5 Å². The van der Waals surface area contributed by atoms with E-state index in [1.54, 1.807) is 15.8 Å². The molecule has 1 amide bonds. The first kappa shape index (κ1) is 20.8. The van der Waals surface area contributed by atoms with Crippen LogP contribution in [0.5, 0.6) is 0 Å². The number of β-amino-alcohol motifs (C(OH)–C–C–N with tert-alkyl or cyclic N) is 1. The molecule has 2 atom stereocenters. The van der Waals surface area contributed by atoms with Gasteiger partial charge < -0.3 is 15.7 Å². The Labute approximate surface area is 170 Å². The number of aromatic nitrogens is 5. The van der Waals surface area contributed by atoms with Crippen LogP contribution in [0.3, 0.4) is 0 Å². The predicted octanol–water partition coefficient (Wildman–Crippen LogP) is 0.849. The second-order valence-corrected chi connectivity index (χ2v) is 7.94. The number of aromatic amines is 1. The van der Waals surface area contributed by atoms with Crippen LogP contribution in [0.2, 0.25) is 0 Å². The van der Waals surface area contributed by atoms with Crippen molar-refractivity contribution in [2.24, 2.45) is 11.7 Å². The molecule has 154 valence electrons. The van der Waals surface area contributed by atoms with Gasteiger partial charge in [0.1, 0.15) is 0 Å². The summed E-state index contributed by atoms with van der Waals surface area (Å²) in [7, 11) is 0. The molecule has 3 heterocycles. The molecule has 1 saturated heterocycles. The van der Waals surface area contributed by atoms with Crippen LogP contribution >= 0.6 is 12.4 Å². The number of nitrogens with zero attached hydrogens (tertiary/aromatic N) is 5. The number of likely N-dealkylation sites (tertiary alicyclic amines) is 1. The fraction of sp³-hybridized carbons (Fsp3) is 0.667. The fourth-order valence-corrected chi connectivity index (χ4v) is 4.15. The molecule has 0 unspecified atom stereocenters. The highest BCUT2D eigenvalue weighted by Crippen LogP contribution is 2.27. The van der Waals surface area contributed by atoms with Crippen molar-refractivity contribution in [3.8, 4) is 0 Å². The third-order valence-corrected chi connectivity index (χ3v) is 5.77. The Kier molecular flexibility index (Phi) is 6.36. The van der Waals surface area contributed by atoms with E-state index in [9.17, 15) is 9.90 Å². The highest BCUT2D eigenvalue weighted by Gasteiger charge is 2.36. The summed E-state index contributed by atoms with van der Waals surface area (Å²) >= 11 is 0. The Morgan fingerprint density at radius 1 is 1.32 bits per heavy atom. The van der Waals surface area contributed by atoms with Gasteiger partial charge in [-0.15, -0.1) is 17.5 Å². The maximum absolute atomic E-state index is 12.8. The molecule has 2 aromatic rings. The molecule has 2 aromatic heterocycles. The number of halogens is 1. The van der Waals surface area contributed by atoms with Gasteiger partial charge in [0.05, 0.1) is 24.0 Å². The number of hydrogen-bond acceptors (Lipinski definition) is 6. The van der Waals surface area contributed by atoms with Gasteiger partial charge in [-0.1, -0.05) is 5.21 Å². The molecule has 0 radical (unpaired) electrons. The van der Waals surface area contributed by atoms with Gasteiger partial charge in [-0.05, 0) is 45.1 Å². The smallest absolute Gasteiger partial charge is 0.276 e. The van der Waals surface area contributed by atoms with E-state index in [0.29, 0.717) is 25.2 Å². The van der Waals surface area contributed by atoms with Gasteiger partial charge in [0.2, 0.25) is 0 Å². The molecule has 10 heteroatoms. The topological polar surface area (TPSA) is 126 Å². The number of rotatable bonds is 4. The normalized spacial score (nSPS) is 27.6.